The zero-order chi connectivity index (χ0) is 32.8. The number of hydrogen-bond acceptors (Lipinski definition) is 8. The lowest BCUT2D eigenvalue weighted by Crippen LogP contribution is -2.58. The highest BCUT2D eigenvalue weighted by Crippen LogP contribution is 2.22. The lowest BCUT2D eigenvalue weighted by Gasteiger charge is -2.30. The first-order valence-electron chi connectivity index (χ1n) is 14.6. The van der Waals surface area contributed by atoms with Crippen molar-refractivity contribution in [1.29, 1.82) is 0 Å². The fourth-order valence-electron chi connectivity index (χ4n) is 5.16. The van der Waals surface area contributed by atoms with Crippen LogP contribution in [0.5, 0.6) is 0 Å². The molecular weight excluding hydrogens is 572 g/mol. The van der Waals surface area contributed by atoms with Crippen LogP contribution in [0, 0.1) is 5.92 Å². The van der Waals surface area contributed by atoms with E-state index in [9.17, 15) is 33.9 Å². The van der Waals surface area contributed by atoms with Gasteiger partial charge in [-0.05, 0) is 31.7 Å². The fourth-order valence-corrected chi connectivity index (χ4v) is 5.16. The van der Waals surface area contributed by atoms with Gasteiger partial charge in [-0.2, -0.15) is 0 Å². The highest BCUT2D eigenvalue weighted by Gasteiger charge is 2.45. The molecule has 2 heterocycles. The minimum atomic E-state index is -1.40. The molecule has 1 aromatic carbocycles. The third kappa shape index (κ3) is 8.32. The third-order valence-electron chi connectivity index (χ3n) is 8.00. The third-order valence-corrected chi connectivity index (χ3v) is 8.00. The fraction of sp³-hybridized carbons (Fsp3) is 0.600. The number of amides is 6. The van der Waals surface area contributed by atoms with Gasteiger partial charge in [0.15, 0.2) is 0 Å². The Hall–Kier alpha value is -4.04. The Kier molecular flexibility index (Phi) is 11.4. The van der Waals surface area contributed by atoms with Crippen molar-refractivity contribution in [2.24, 2.45) is 5.92 Å². The summed E-state index contributed by atoms with van der Waals surface area (Å²) < 4.78 is 5.27. The summed E-state index contributed by atoms with van der Waals surface area (Å²) >= 11 is 0. The summed E-state index contributed by atoms with van der Waals surface area (Å²) in [5, 5.41) is 20.8. The Morgan fingerprint density at radius 3 is 2.25 bits per heavy atom. The highest BCUT2D eigenvalue weighted by molar-refractivity contribution is 5.97. The van der Waals surface area contributed by atoms with Crippen LogP contribution >= 0.6 is 0 Å². The second kappa shape index (κ2) is 14.6. The Morgan fingerprint density at radius 1 is 1.02 bits per heavy atom. The molecule has 0 aliphatic carbocycles. The van der Waals surface area contributed by atoms with Gasteiger partial charge in [0, 0.05) is 33.2 Å². The first-order chi connectivity index (χ1) is 20.7. The maximum Gasteiger partial charge on any atom is 0.251 e. The molecule has 44 heavy (non-hydrogen) atoms. The molecule has 6 amide bonds. The molecule has 2 aliphatic heterocycles. The number of hydrogen-bond donors (Lipinski definition) is 5. The van der Waals surface area contributed by atoms with Crippen molar-refractivity contribution in [2.75, 3.05) is 33.9 Å². The molecule has 5 atom stereocenters. The van der Waals surface area contributed by atoms with Crippen LogP contribution in [0.3, 0.4) is 0 Å². The maximum absolute atomic E-state index is 14.2. The number of nitrogens with zero attached hydrogens (tertiary/aromatic N) is 2. The van der Waals surface area contributed by atoms with Crippen molar-refractivity contribution < 1.29 is 38.6 Å². The monoisotopic (exact) mass is 616 g/mol. The molecule has 0 spiro atoms. The van der Waals surface area contributed by atoms with Gasteiger partial charge in [-0.3, -0.25) is 28.8 Å². The van der Waals surface area contributed by atoms with E-state index < -0.39 is 84.4 Å². The van der Waals surface area contributed by atoms with Crippen LogP contribution in [0.25, 0.3) is 0 Å². The van der Waals surface area contributed by atoms with Crippen LogP contribution < -0.4 is 21.3 Å². The van der Waals surface area contributed by atoms with Crippen LogP contribution in [0.1, 0.15) is 39.7 Å². The van der Waals surface area contributed by atoms with Gasteiger partial charge in [-0.25, -0.2) is 0 Å². The number of fused-ring (bicyclic) bond motifs is 1. The number of likely N-dealkylation sites (N-methyl/N-ethyl adjacent to an activating group) is 1. The molecule has 1 aromatic rings. The first-order valence-corrected chi connectivity index (χ1v) is 14.6. The van der Waals surface area contributed by atoms with Gasteiger partial charge >= 0.3 is 0 Å². The van der Waals surface area contributed by atoms with E-state index >= 15 is 0 Å². The second-order valence-corrected chi connectivity index (χ2v) is 12.1. The topological polar surface area (TPSA) is 186 Å². The normalized spacial score (nSPS) is 25.9. The number of carbonyl (C=O) groups excluding carboxylic acids is 6. The van der Waals surface area contributed by atoms with Gasteiger partial charge in [-0.15, -0.1) is 0 Å². The summed E-state index contributed by atoms with van der Waals surface area (Å²) in [5.41, 5.74) is -0.434. The van der Waals surface area contributed by atoms with Crippen LogP contribution in [-0.2, 0) is 39.9 Å². The van der Waals surface area contributed by atoms with Crippen molar-refractivity contribution in [2.45, 2.75) is 76.3 Å². The molecule has 5 N–H and O–H groups in total. The van der Waals surface area contributed by atoms with E-state index in [1.165, 1.54) is 19.1 Å². The van der Waals surface area contributed by atoms with Crippen LogP contribution in [-0.4, -0.2) is 120 Å². The highest BCUT2D eigenvalue weighted by atomic mass is 16.5. The van der Waals surface area contributed by atoms with Gasteiger partial charge in [-0.1, -0.05) is 44.2 Å². The number of ether oxygens (including phenoxy) is 1. The molecule has 14 nitrogen and oxygen atoms in total. The first kappa shape index (κ1) is 34.5. The number of aliphatic hydroxyl groups is 1. The summed E-state index contributed by atoms with van der Waals surface area (Å²) in [7, 11) is 2.73. The Bertz CT molecular complexity index is 1240. The SMILES string of the molecule is COC(C)(C)C(=O)N[C@H]1C[C@H]2C(=O)N[C@@H](CO)C(=O)N(C)CC(=O)N[C@H](C(C)C)C(=O)N[C@@H](Cc3ccccc3)C(=O)N2C1. The lowest BCUT2D eigenvalue weighted by atomic mass is 10.0. The molecule has 3 rings (SSSR count). The van der Waals surface area contributed by atoms with E-state index in [2.05, 4.69) is 21.3 Å². The average Bonchev–Trinajstić information content (AvgIpc) is 3.41. The van der Waals surface area contributed by atoms with Crippen molar-refractivity contribution in [3.05, 3.63) is 35.9 Å². The molecule has 0 aromatic heterocycles. The molecule has 0 saturated carbocycles. The van der Waals surface area contributed by atoms with Gasteiger partial charge in [0.2, 0.25) is 29.5 Å². The number of rotatable bonds is 7. The second-order valence-electron chi connectivity index (χ2n) is 12.1. The number of methoxy groups -OCH3 is 1. The summed E-state index contributed by atoms with van der Waals surface area (Å²) in [5.74, 6) is -4.11. The van der Waals surface area contributed by atoms with Gasteiger partial charge < -0.3 is 40.9 Å². The summed E-state index contributed by atoms with van der Waals surface area (Å²) in [6.07, 6.45) is 0.0924. The molecular formula is C30H44N6O8. The molecule has 2 fully saturated rings. The number of benzene rings is 1. The Labute approximate surface area is 257 Å². The van der Waals surface area contributed by atoms with E-state index in [4.69, 9.17) is 4.74 Å². The van der Waals surface area contributed by atoms with E-state index in [1.54, 1.807) is 52.0 Å². The predicted octanol–water partition coefficient (Wildman–Crippen LogP) is -1.69. The smallest absolute Gasteiger partial charge is 0.251 e. The summed E-state index contributed by atoms with van der Waals surface area (Å²) in [6.45, 7) is 5.37. The molecule has 242 valence electrons. The summed E-state index contributed by atoms with van der Waals surface area (Å²) in [6, 6.07) is 3.64. The largest absolute Gasteiger partial charge is 0.394 e. The van der Waals surface area contributed by atoms with Gasteiger partial charge in [0.1, 0.15) is 29.8 Å². The number of aliphatic hydroxyl groups excluding tert-OH is 1. The molecule has 0 radical (unpaired) electrons. The van der Waals surface area contributed by atoms with Gasteiger partial charge in [0.25, 0.3) is 5.91 Å². The molecule has 0 bridgehead atoms. The Balaban J connectivity index is 2.05. The van der Waals surface area contributed by atoms with E-state index in [0.29, 0.717) is 0 Å². The minimum absolute atomic E-state index is 0.00590. The standard InChI is InChI=1S/C30H44N6O8/c1-17(2)24-26(40)32-20(12-18-10-8-7-9-11-18)28(42)36-14-19(31-29(43)30(3,4)44-6)13-22(36)25(39)33-21(16-37)27(41)35(5)15-23(38)34-24/h7-11,17,19-22,24,37H,12-16H2,1-6H3,(H,31,43)(H,32,40)(H,33,39)(H,34,38)/t19-,20-,21-,22-,24+/m0/s1. The van der Waals surface area contributed by atoms with E-state index in [0.717, 1.165) is 10.5 Å². The zero-order valence-electron chi connectivity index (χ0n) is 26.1. The Morgan fingerprint density at radius 2 is 1.66 bits per heavy atom. The molecule has 14 heteroatoms. The summed E-state index contributed by atoms with van der Waals surface area (Å²) in [4.78, 5) is 82.6. The van der Waals surface area contributed by atoms with Crippen LogP contribution in [0.4, 0.5) is 0 Å². The van der Waals surface area contributed by atoms with Crippen molar-refractivity contribution >= 4 is 35.4 Å². The zero-order valence-corrected chi connectivity index (χ0v) is 26.1. The number of nitrogens with one attached hydrogen (secondary N) is 4. The molecule has 2 aliphatic rings. The van der Waals surface area contributed by atoms with Gasteiger partial charge in [0.05, 0.1) is 13.2 Å². The number of carbonyl (C=O) groups is 6. The lowest BCUT2D eigenvalue weighted by molar-refractivity contribution is -0.143. The average molecular weight is 617 g/mol. The van der Waals surface area contributed by atoms with Crippen LogP contribution in [0.2, 0.25) is 0 Å². The minimum Gasteiger partial charge on any atom is -0.394 e. The van der Waals surface area contributed by atoms with E-state index in [-0.39, 0.29) is 25.3 Å². The molecule has 0 unspecified atom stereocenters. The molecule has 2 saturated heterocycles. The predicted molar refractivity (Wildman–Crippen MR) is 159 cm³/mol. The van der Waals surface area contributed by atoms with Crippen LogP contribution in [0.15, 0.2) is 30.3 Å². The maximum atomic E-state index is 14.2. The quantitative estimate of drug-likeness (QED) is 0.240. The van der Waals surface area contributed by atoms with Crippen molar-refractivity contribution in [3.63, 3.8) is 0 Å². The van der Waals surface area contributed by atoms with Crippen molar-refractivity contribution in [1.82, 2.24) is 31.1 Å². The van der Waals surface area contributed by atoms with E-state index in [1.807, 2.05) is 6.07 Å². The van der Waals surface area contributed by atoms with Crippen molar-refractivity contribution in [3.8, 4) is 0 Å².